The molecule has 1 aliphatic heterocycles. The molecular weight excluding hydrogens is 280 g/mol. The minimum Gasteiger partial charge on any atom is -0.496 e. The van der Waals surface area contributed by atoms with Crippen molar-refractivity contribution in [2.24, 2.45) is 0 Å². The highest BCUT2D eigenvalue weighted by Gasteiger charge is 2.44. The maximum Gasteiger partial charge on any atom is 0.126 e. The van der Waals surface area contributed by atoms with E-state index in [0.717, 1.165) is 10.1 Å². The normalized spacial score (nSPS) is 30.0. The molecule has 0 bridgehead atoms. The zero-order valence-corrected chi connectivity index (χ0v) is 11.7. The third-order valence-electron chi connectivity index (χ3n) is 3.65. The van der Waals surface area contributed by atoms with Crippen LogP contribution in [0.2, 0.25) is 0 Å². The van der Waals surface area contributed by atoms with Gasteiger partial charge in [0.05, 0.1) is 13.7 Å². The maximum absolute atomic E-state index is 10.1. The Balaban J connectivity index is 2.04. The number of fused-ring (bicyclic) bond motifs is 1. The highest BCUT2D eigenvalue weighted by molar-refractivity contribution is 7.17. The van der Waals surface area contributed by atoms with Gasteiger partial charge >= 0.3 is 0 Å². The van der Waals surface area contributed by atoms with Crippen molar-refractivity contribution in [2.75, 3.05) is 13.7 Å². The molecule has 1 aromatic heterocycles. The second-order valence-corrected chi connectivity index (χ2v) is 5.76. The molecule has 1 aromatic carbocycles. The van der Waals surface area contributed by atoms with Crippen LogP contribution in [0.15, 0.2) is 23.6 Å². The molecule has 4 atom stereocenters. The summed E-state index contributed by atoms with van der Waals surface area (Å²) in [6, 6.07) is 5.76. The van der Waals surface area contributed by atoms with Crippen molar-refractivity contribution in [2.45, 2.75) is 24.4 Å². The van der Waals surface area contributed by atoms with Gasteiger partial charge in [0.15, 0.2) is 0 Å². The number of ether oxygens (including phenoxy) is 2. The molecule has 20 heavy (non-hydrogen) atoms. The van der Waals surface area contributed by atoms with Gasteiger partial charge in [0.1, 0.15) is 30.2 Å². The number of methoxy groups -OCH3 is 1. The highest BCUT2D eigenvalue weighted by Crippen LogP contribution is 2.40. The van der Waals surface area contributed by atoms with Crippen LogP contribution in [0.5, 0.6) is 5.75 Å². The van der Waals surface area contributed by atoms with Gasteiger partial charge in [0, 0.05) is 10.3 Å². The third-order valence-corrected chi connectivity index (χ3v) is 4.53. The molecule has 108 valence electrons. The Morgan fingerprint density at radius 1 is 1.30 bits per heavy atom. The summed E-state index contributed by atoms with van der Waals surface area (Å²) in [6.07, 6.45) is -3.68. The predicted molar refractivity (Wildman–Crippen MR) is 75.1 cm³/mol. The molecular formula is C14H16O5S. The summed E-state index contributed by atoms with van der Waals surface area (Å²) in [5.41, 5.74) is 0.681. The first kappa shape index (κ1) is 13.8. The van der Waals surface area contributed by atoms with Crippen LogP contribution in [-0.4, -0.2) is 47.3 Å². The molecule has 0 aliphatic carbocycles. The number of thiophene rings is 1. The van der Waals surface area contributed by atoms with E-state index in [-0.39, 0.29) is 6.61 Å². The average molecular weight is 296 g/mol. The molecule has 5 nitrogen and oxygen atoms in total. The minimum atomic E-state index is -1.10. The van der Waals surface area contributed by atoms with E-state index in [0.29, 0.717) is 11.3 Å². The van der Waals surface area contributed by atoms with Crippen molar-refractivity contribution in [1.82, 2.24) is 0 Å². The van der Waals surface area contributed by atoms with E-state index in [2.05, 4.69) is 0 Å². The monoisotopic (exact) mass is 296 g/mol. The van der Waals surface area contributed by atoms with Crippen molar-refractivity contribution in [1.29, 1.82) is 0 Å². The third kappa shape index (κ3) is 2.10. The van der Waals surface area contributed by atoms with Gasteiger partial charge in [-0.15, -0.1) is 11.3 Å². The van der Waals surface area contributed by atoms with Gasteiger partial charge in [-0.25, -0.2) is 0 Å². The standard InChI is InChI=1S/C14H16O5S/c1-18-9-5-11-7(2-3-20-11)4-8(9)14-13(17)12(16)10(6-15)19-14/h2-5,10,12-17H,6H2,1H3/t10-,12+,13?,14+/m1/s1. The molecule has 1 unspecified atom stereocenters. The molecule has 1 fully saturated rings. The van der Waals surface area contributed by atoms with Crippen molar-refractivity contribution < 1.29 is 24.8 Å². The Labute approximate surface area is 120 Å². The van der Waals surface area contributed by atoms with Gasteiger partial charge in [-0.05, 0) is 29.0 Å². The van der Waals surface area contributed by atoms with Crippen molar-refractivity contribution in [3.05, 3.63) is 29.1 Å². The van der Waals surface area contributed by atoms with Crippen molar-refractivity contribution >= 4 is 21.4 Å². The Morgan fingerprint density at radius 2 is 2.10 bits per heavy atom. The van der Waals surface area contributed by atoms with E-state index in [1.165, 1.54) is 0 Å². The number of rotatable bonds is 3. The fourth-order valence-electron chi connectivity index (χ4n) is 2.56. The van der Waals surface area contributed by atoms with Gasteiger partial charge < -0.3 is 24.8 Å². The minimum absolute atomic E-state index is 0.336. The van der Waals surface area contributed by atoms with Crippen LogP contribution in [0.4, 0.5) is 0 Å². The number of hydrogen-bond acceptors (Lipinski definition) is 6. The second kappa shape index (κ2) is 5.31. The summed E-state index contributed by atoms with van der Waals surface area (Å²) in [7, 11) is 1.56. The fraction of sp³-hybridized carbons (Fsp3) is 0.429. The summed E-state index contributed by atoms with van der Waals surface area (Å²) in [4.78, 5) is 0. The summed E-state index contributed by atoms with van der Waals surface area (Å²) < 4.78 is 12.0. The Kier molecular flexibility index (Phi) is 3.66. The zero-order chi connectivity index (χ0) is 14.3. The molecule has 0 radical (unpaired) electrons. The van der Waals surface area contributed by atoms with Crippen LogP contribution < -0.4 is 4.74 Å². The van der Waals surface area contributed by atoms with Crippen LogP contribution in [0.25, 0.3) is 10.1 Å². The summed E-state index contributed by atoms with van der Waals surface area (Å²) in [6.45, 7) is -0.336. The first-order valence-corrected chi connectivity index (χ1v) is 7.21. The van der Waals surface area contributed by atoms with Crippen LogP contribution in [0.1, 0.15) is 11.7 Å². The van der Waals surface area contributed by atoms with Crippen LogP contribution in [0.3, 0.4) is 0 Å². The Hall–Kier alpha value is -1.18. The lowest BCUT2D eigenvalue weighted by atomic mass is 9.99. The SMILES string of the molecule is COc1cc2sccc2cc1[C@@H]1O[C@H](CO)[C@H](O)C1O. The summed E-state index contributed by atoms with van der Waals surface area (Å²) in [5, 5.41) is 32.1. The lowest BCUT2D eigenvalue weighted by Gasteiger charge is -2.18. The van der Waals surface area contributed by atoms with E-state index >= 15 is 0 Å². The largest absolute Gasteiger partial charge is 0.496 e. The number of benzene rings is 1. The molecule has 0 saturated carbocycles. The molecule has 6 heteroatoms. The molecule has 2 heterocycles. The lowest BCUT2D eigenvalue weighted by molar-refractivity contribution is -0.0232. The molecule has 2 aromatic rings. The van der Waals surface area contributed by atoms with Crippen LogP contribution in [-0.2, 0) is 4.74 Å². The van der Waals surface area contributed by atoms with Crippen molar-refractivity contribution in [3.63, 3.8) is 0 Å². The van der Waals surface area contributed by atoms with Gasteiger partial charge in [-0.1, -0.05) is 0 Å². The van der Waals surface area contributed by atoms with Crippen molar-refractivity contribution in [3.8, 4) is 5.75 Å². The first-order chi connectivity index (χ1) is 9.65. The highest BCUT2D eigenvalue weighted by atomic mass is 32.1. The van der Waals surface area contributed by atoms with E-state index in [4.69, 9.17) is 14.6 Å². The Morgan fingerprint density at radius 3 is 2.75 bits per heavy atom. The van der Waals surface area contributed by atoms with Gasteiger partial charge in [-0.2, -0.15) is 0 Å². The van der Waals surface area contributed by atoms with Gasteiger partial charge in [0.2, 0.25) is 0 Å². The molecule has 3 rings (SSSR count). The molecule has 0 spiro atoms. The molecule has 1 saturated heterocycles. The van der Waals surface area contributed by atoms with Gasteiger partial charge in [-0.3, -0.25) is 0 Å². The second-order valence-electron chi connectivity index (χ2n) is 4.81. The summed E-state index contributed by atoms with van der Waals surface area (Å²) >= 11 is 1.60. The zero-order valence-electron chi connectivity index (χ0n) is 10.9. The lowest BCUT2D eigenvalue weighted by Crippen LogP contribution is -2.32. The number of aliphatic hydroxyl groups is 3. The first-order valence-electron chi connectivity index (χ1n) is 6.33. The smallest absolute Gasteiger partial charge is 0.126 e. The number of aliphatic hydroxyl groups excluding tert-OH is 3. The molecule has 3 N–H and O–H groups in total. The van der Waals surface area contributed by atoms with Crippen LogP contribution in [0, 0.1) is 0 Å². The Bertz CT molecular complexity index is 611. The topological polar surface area (TPSA) is 79.2 Å². The average Bonchev–Trinajstić information content (AvgIpc) is 3.03. The maximum atomic E-state index is 10.1. The fourth-order valence-corrected chi connectivity index (χ4v) is 3.36. The van der Waals surface area contributed by atoms with Crippen LogP contribution >= 0.6 is 11.3 Å². The predicted octanol–water partition coefficient (Wildman–Crippen LogP) is 1.06. The van der Waals surface area contributed by atoms with E-state index in [1.54, 1.807) is 18.4 Å². The van der Waals surface area contributed by atoms with E-state index < -0.39 is 24.4 Å². The van der Waals surface area contributed by atoms with E-state index in [9.17, 15) is 10.2 Å². The molecule has 0 amide bonds. The summed E-state index contributed by atoms with van der Waals surface area (Å²) in [5.74, 6) is 0.606. The van der Waals surface area contributed by atoms with E-state index in [1.807, 2.05) is 23.6 Å². The molecule has 1 aliphatic rings. The number of hydrogen-bond donors (Lipinski definition) is 3. The quantitative estimate of drug-likeness (QED) is 0.789. The van der Waals surface area contributed by atoms with Gasteiger partial charge in [0.25, 0.3) is 0 Å².